The van der Waals surface area contributed by atoms with Gasteiger partial charge in [-0.05, 0) is 48.7 Å². The van der Waals surface area contributed by atoms with Gasteiger partial charge in [0.25, 0.3) is 11.5 Å². The lowest BCUT2D eigenvalue weighted by Crippen LogP contribution is -2.44. The summed E-state index contributed by atoms with van der Waals surface area (Å²) in [6.45, 7) is 0.697. The Balaban J connectivity index is 1.39. The van der Waals surface area contributed by atoms with Crippen LogP contribution in [0, 0.1) is 0 Å². The number of pyridine rings is 1. The number of amides is 3. The minimum atomic E-state index is -3.68. The van der Waals surface area contributed by atoms with Crippen molar-refractivity contribution in [2.45, 2.75) is 36.7 Å². The SMILES string of the molecule is O=C(NC/C=C/S(=O)(=O)c1ccc(Cl)cc1)c1cc2c([nH]c1=O)CCN(C(=O)NC1CC1)C2. The lowest BCUT2D eigenvalue weighted by Gasteiger charge is -2.29. The van der Waals surface area contributed by atoms with Crippen LogP contribution >= 0.6 is 11.6 Å². The van der Waals surface area contributed by atoms with Crippen LogP contribution in [0.15, 0.2) is 51.5 Å². The molecule has 9 nitrogen and oxygen atoms in total. The van der Waals surface area contributed by atoms with Gasteiger partial charge in [0.1, 0.15) is 5.56 Å². The molecule has 1 aromatic carbocycles. The number of halogens is 1. The van der Waals surface area contributed by atoms with Crippen LogP contribution in [0.3, 0.4) is 0 Å². The second kappa shape index (κ2) is 9.40. The number of H-pyrrole nitrogens is 1. The lowest BCUT2D eigenvalue weighted by molar-refractivity contribution is 0.0956. The van der Waals surface area contributed by atoms with Gasteiger partial charge in [0.15, 0.2) is 9.84 Å². The summed E-state index contributed by atoms with van der Waals surface area (Å²) in [5, 5.41) is 6.87. The van der Waals surface area contributed by atoms with E-state index in [1.54, 1.807) is 4.90 Å². The quantitative estimate of drug-likeness (QED) is 0.570. The van der Waals surface area contributed by atoms with E-state index >= 15 is 0 Å². The summed E-state index contributed by atoms with van der Waals surface area (Å²) < 4.78 is 24.6. The van der Waals surface area contributed by atoms with Crippen LogP contribution in [0.2, 0.25) is 5.02 Å². The molecule has 4 rings (SSSR count). The van der Waals surface area contributed by atoms with Gasteiger partial charge < -0.3 is 20.5 Å². The van der Waals surface area contributed by atoms with Crippen molar-refractivity contribution in [1.82, 2.24) is 20.5 Å². The third-order valence-electron chi connectivity index (χ3n) is 5.44. The normalized spacial score (nSPS) is 15.8. The molecular weight excluding hydrogens is 468 g/mol. The highest BCUT2D eigenvalue weighted by Gasteiger charge is 2.28. The van der Waals surface area contributed by atoms with Crippen molar-refractivity contribution in [3.63, 3.8) is 0 Å². The summed E-state index contributed by atoms with van der Waals surface area (Å²) >= 11 is 5.77. The summed E-state index contributed by atoms with van der Waals surface area (Å²) in [6.07, 6.45) is 3.76. The number of hydrogen-bond donors (Lipinski definition) is 3. The highest BCUT2D eigenvalue weighted by Crippen LogP contribution is 2.21. The third-order valence-corrected chi connectivity index (χ3v) is 7.17. The zero-order chi connectivity index (χ0) is 23.6. The van der Waals surface area contributed by atoms with Gasteiger partial charge in [0.2, 0.25) is 0 Å². The number of fused-ring (bicyclic) bond motifs is 1. The van der Waals surface area contributed by atoms with Crippen molar-refractivity contribution in [3.05, 3.63) is 74.0 Å². The topological polar surface area (TPSA) is 128 Å². The highest BCUT2D eigenvalue weighted by atomic mass is 35.5. The van der Waals surface area contributed by atoms with Crippen LogP contribution in [0.4, 0.5) is 4.79 Å². The molecule has 174 valence electrons. The minimum absolute atomic E-state index is 0.0795. The van der Waals surface area contributed by atoms with Crippen LogP contribution in [0.5, 0.6) is 0 Å². The summed E-state index contributed by atoms with van der Waals surface area (Å²) in [7, 11) is -3.68. The number of hydrogen-bond acceptors (Lipinski definition) is 5. The first-order valence-electron chi connectivity index (χ1n) is 10.5. The van der Waals surface area contributed by atoms with Crippen molar-refractivity contribution < 1.29 is 18.0 Å². The molecule has 0 bridgehead atoms. The average molecular weight is 491 g/mol. The van der Waals surface area contributed by atoms with Crippen molar-refractivity contribution >= 4 is 33.4 Å². The van der Waals surface area contributed by atoms with Gasteiger partial charge in [-0.25, -0.2) is 13.2 Å². The number of urea groups is 1. The molecule has 1 saturated carbocycles. The third kappa shape index (κ3) is 5.63. The van der Waals surface area contributed by atoms with Crippen LogP contribution in [0.25, 0.3) is 0 Å². The number of aromatic nitrogens is 1. The first-order chi connectivity index (χ1) is 15.7. The van der Waals surface area contributed by atoms with Crippen molar-refractivity contribution in [3.8, 4) is 0 Å². The molecule has 1 aromatic heterocycles. The molecule has 2 aromatic rings. The monoisotopic (exact) mass is 490 g/mol. The Morgan fingerprint density at radius 2 is 1.94 bits per heavy atom. The standard InChI is InChI=1S/C22H23ClN4O5S/c23-15-2-6-17(7-3-15)33(31,32)11-1-9-24-20(28)18-12-14-13-27(22(30)25-16-4-5-16)10-8-19(14)26-21(18)29/h1-3,6-7,11-12,16H,4-5,8-10,13H2,(H,24,28)(H,25,30)(H,26,29)/b11-1+. The summed E-state index contributed by atoms with van der Waals surface area (Å²) in [4.78, 5) is 41.7. The zero-order valence-electron chi connectivity index (χ0n) is 17.6. The summed E-state index contributed by atoms with van der Waals surface area (Å²) in [6, 6.07) is 7.32. The number of benzene rings is 1. The Morgan fingerprint density at radius 3 is 2.64 bits per heavy atom. The van der Waals surface area contributed by atoms with Crippen molar-refractivity contribution in [2.75, 3.05) is 13.1 Å². The number of nitrogens with one attached hydrogen (secondary N) is 3. The molecule has 0 radical (unpaired) electrons. The van der Waals surface area contributed by atoms with Gasteiger partial charge in [0, 0.05) is 48.2 Å². The van der Waals surface area contributed by atoms with E-state index in [-0.39, 0.29) is 29.1 Å². The molecule has 0 atom stereocenters. The molecule has 2 heterocycles. The predicted octanol–water partition coefficient (Wildman–Crippen LogP) is 1.98. The fourth-order valence-corrected chi connectivity index (χ4v) is 4.62. The molecule has 1 aliphatic heterocycles. The fourth-order valence-electron chi connectivity index (χ4n) is 3.47. The average Bonchev–Trinajstić information content (AvgIpc) is 3.60. The van der Waals surface area contributed by atoms with Gasteiger partial charge in [0.05, 0.1) is 4.90 Å². The van der Waals surface area contributed by atoms with Gasteiger partial charge in [-0.3, -0.25) is 9.59 Å². The predicted molar refractivity (Wildman–Crippen MR) is 123 cm³/mol. The maximum absolute atomic E-state index is 12.5. The molecule has 0 unspecified atom stereocenters. The molecule has 1 aliphatic carbocycles. The van der Waals surface area contributed by atoms with Gasteiger partial charge in [-0.1, -0.05) is 17.7 Å². The van der Waals surface area contributed by atoms with Crippen molar-refractivity contribution in [2.24, 2.45) is 0 Å². The molecule has 1 fully saturated rings. The molecule has 0 saturated heterocycles. The second-order valence-electron chi connectivity index (χ2n) is 7.99. The molecule has 11 heteroatoms. The largest absolute Gasteiger partial charge is 0.348 e. The smallest absolute Gasteiger partial charge is 0.317 e. The Labute approximate surface area is 195 Å². The van der Waals surface area contributed by atoms with E-state index in [4.69, 9.17) is 11.6 Å². The van der Waals surface area contributed by atoms with E-state index in [2.05, 4.69) is 15.6 Å². The molecule has 3 N–H and O–H groups in total. The van der Waals surface area contributed by atoms with E-state index in [0.717, 1.165) is 18.2 Å². The molecular formula is C22H23ClN4O5S. The second-order valence-corrected chi connectivity index (χ2v) is 10.3. The van der Waals surface area contributed by atoms with Gasteiger partial charge in [-0.15, -0.1) is 0 Å². The minimum Gasteiger partial charge on any atom is -0.348 e. The van der Waals surface area contributed by atoms with Gasteiger partial charge >= 0.3 is 6.03 Å². The molecule has 0 spiro atoms. The number of aromatic amines is 1. The lowest BCUT2D eigenvalue weighted by atomic mass is 10.0. The van der Waals surface area contributed by atoms with E-state index in [0.29, 0.717) is 35.8 Å². The highest BCUT2D eigenvalue weighted by molar-refractivity contribution is 7.94. The van der Waals surface area contributed by atoms with Crippen LogP contribution < -0.4 is 16.2 Å². The van der Waals surface area contributed by atoms with E-state index in [1.807, 2.05) is 0 Å². The van der Waals surface area contributed by atoms with E-state index < -0.39 is 21.3 Å². The number of sulfone groups is 1. The van der Waals surface area contributed by atoms with Crippen LogP contribution in [-0.4, -0.2) is 49.4 Å². The van der Waals surface area contributed by atoms with Gasteiger partial charge in [-0.2, -0.15) is 0 Å². The maximum atomic E-state index is 12.5. The Bertz CT molecular complexity index is 1270. The van der Waals surface area contributed by atoms with E-state index in [9.17, 15) is 22.8 Å². The molecule has 33 heavy (non-hydrogen) atoms. The van der Waals surface area contributed by atoms with E-state index in [1.165, 1.54) is 36.4 Å². The van der Waals surface area contributed by atoms with Crippen LogP contribution in [-0.2, 0) is 22.8 Å². The Hall–Kier alpha value is -3.11. The number of rotatable bonds is 6. The maximum Gasteiger partial charge on any atom is 0.317 e. The fraction of sp³-hybridized carbons (Fsp3) is 0.318. The summed E-state index contributed by atoms with van der Waals surface area (Å²) in [5.41, 5.74) is 0.797. The first kappa shape index (κ1) is 23.1. The first-order valence-corrected chi connectivity index (χ1v) is 12.4. The van der Waals surface area contributed by atoms with Crippen molar-refractivity contribution in [1.29, 1.82) is 0 Å². The van der Waals surface area contributed by atoms with Crippen LogP contribution in [0.1, 0.15) is 34.5 Å². The number of nitrogens with zero attached hydrogens (tertiary/aromatic N) is 1. The molecule has 2 aliphatic rings. The Morgan fingerprint density at radius 1 is 1.21 bits per heavy atom. The zero-order valence-corrected chi connectivity index (χ0v) is 19.2. The number of carbonyl (C=O) groups excluding carboxylic acids is 2. The summed E-state index contributed by atoms with van der Waals surface area (Å²) in [5.74, 6) is -0.632. The number of carbonyl (C=O) groups is 2. The molecule has 3 amide bonds. The Kier molecular flexibility index (Phi) is 6.57.